The molecule has 0 saturated heterocycles. The van der Waals surface area contributed by atoms with Crippen LogP contribution in [0.5, 0.6) is 0 Å². The summed E-state index contributed by atoms with van der Waals surface area (Å²) in [5.74, 6) is -1.73. The third kappa shape index (κ3) is 7.08. The van der Waals surface area contributed by atoms with Gasteiger partial charge in [0.1, 0.15) is 5.82 Å². The molecule has 0 radical (unpaired) electrons. The van der Waals surface area contributed by atoms with Crippen molar-refractivity contribution < 1.29 is 54.1 Å². The largest absolute Gasteiger partial charge is 1.00 e. The summed E-state index contributed by atoms with van der Waals surface area (Å²) in [4.78, 5) is 15.4. The van der Waals surface area contributed by atoms with E-state index < -0.39 is 24.6 Å². The van der Waals surface area contributed by atoms with Crippen LogP contribution in [-0.2, 0) is 4.79 Å². The van der Waals surface area contributed by atoms with E-state index in [0.717, 1.165) is 22.4 Å². The quantitative estimate of drug-likeness (QED) is 0.483. The molecule has 0 spiro atoms. The number of aliphatic carboxylic acids is 1. The third-order valence-electron chi connectivity index (χ3n) is 4.85. The van der Waals surface area contributed by atoms with E-state index in [2.05, 4.69) is 0 Å². The monoisotopic (exact) mass is 443 g/mol. The minimum absolute atomic E-state index is 0. The number of aliphatic hydroxyl groups is 2. The Morgan fingerprint density at radius 1 is 1.09 bits per heavy atom. The number of aliphatic hydroxyl groups excluding tert-OH is 2. The van der Waals surface area contributed by atoms with E-state index in [1.807, 2.05) is 43.3 Å². The van der Waals surface area contributed by atoms with Crippen molar-refractivity contribution in [2.45, 2.75) is 32.0 Å². The molecule has 3 aromatic rings. The van der Waals surface area contributed by atoms with E-state index in [1.54, 1.807) is 18.2 Å². The van der Waals surface area contributed by atoms with E-state index >= 15 is 0 Å². The Labute approximate surface area is 208 Å². The first-order valence-corrected chi connectivity index (χ1v) is 9.90. The van der Waals surface area contributed by atoms with Crippen LogP contribution < -0.4 is 34.7 Å². The summed E-state index contributed by atoms with van der Waals surface area (Å²) in [7, 11) is 0. The first-order chi connectivity index (χ1) is 14.8. The molecule has 3 rings (SSSR count). The molecule has 2 aromatic carbocycles. The van der Waals surface area contributed by atoms with Crippen molar-refractivity contribution in [3.05, 3.63) is 83.7 Å². The maximum absolute atomic E-state index is 13.5. The van der Waals surface area contributed by atoms with E-state index in [0.29, 0.717) is 11.3 Å². The van der Waals surface area contributed by atoms with Crippen LogP contribution in [-0.4, -0.2) is 33.4 Å². The third-order valence-corrected chi connectivity index (χ3v) is 4.85. The van der Waals surface area contributed by atoms with Crippen LogP contribution in [0.1, 0.15) is 24.0 Å². The normalized spacial score (nSPS) is 12.9. The average molecular weight is 443 g/mol. The minimum atomic E-state index is -1.38. The van der Waals surface area contributed by atoms with Gasteiger partial charge in [0.2, 0.25) is 0 Å². The van der Waals surface area contributed by atoms with E-state index in [1.165, 1.54) is 18.2 Å². The molecule has 2 atom stereocenters. The number of hydrogen-bond acceptors (Lipinski definition) is 5. The molecule has 0 amide bonds. The van der Waals surface area contributed by atoms with Gasteiger partial charge in [-0.1, -0.05) is 42.5 Å². The predicted molar refractivity (Wildman–Crippen MR) is 115 cm³/mol. The van der Waals surface area contributed by atoms with E-state index in [4.69, 9.17) is 4.98 Å². The Kier molecular flexibility index (Phi) is 9.75. The molecular weight excluding hydrogens is 420 g/mol. The molecule has 0 aliphatic heterocycles. The van der Waals surface area contributed by atoms with E-state index in [-0.39, 0.29) is 41.8 Å². The summed E-state index contributed by atoms with van der Waals surface area (Å²) in [6.45, 7) is 1.91. The number of aryl methyl sites for hydroxylation is 1. The standard InChI is InChI=1S/C25H24FNO4.Na/c1-16-13-23(17-5-3-2-4-6-17)27-25(18-7-9-19(26)10-8-18)22(16)12-11-20(28)14-21(29)15-24(30)31;/h2-13,20-21,28-29H,14-15H2,1H3,(H,30,31);/q;+1/p-1/b12-11+;/t20-,21-;/m1./s1. The average Bonchev–Trinajstić information content (AvgIpc) is 2.73. The number of carboxylic acids is 1. The zero-order valence-electron chi connectivity index (χ0n) is 18.0. The van der Waals surface area contributed by atoms with Crippen LogP contribution in [0, 0.1) is 12.7 Å². The Bertz CT molecular complexity index is 1070. The first kappa shape index (κ1) is 25.9. The van der Waals surface area contributed by atoms with Crippen molar-refractivity contribution in [3.8, 4) is 22.5 Å². The van der Waals surface area contributed by atoms with Crippen LogP contribution >= 0.6 is 0 Å². The summed E-state index contributed by atoms with van der Waals surface area (Å²) in [5.41, 5.74) is 4.67. The number of pyridine rings is 1. The second-order valence-electron chi connectivity index (χ2n) is 7.35. The van der Waals surface area contributed by atoms with Crippen LogP contribution in [0.3, 0.4) is 0 Å². The number of benzene rings is 2. The summed E-state index contributed by atoms with van der Waals surface area (Å²) in [6, 6.07) is 17.6. The zero-order valence-corrected chi connectivity index (χ0v) is 20.0. The Morgan fingerprint density at radius 2 is 1.75 bits per heavy atom. The summed E-state index contributed by atoms with van der Waals surface area (Å²) >= 11 is 0. The van der Waals surface area contributed by atoms with Gasteiger partial charge in [-0.2, -0.15) is 0 Å². The van der Waals surface area contributed by atoms with E-state index in [9.17, 15) is 24.5 Å². The topological polar surface area (TPSA) is 93.5 Å². The van der Waals surface area contributed by atoms with Gasteiger partial charge in [-0.15, -0.1) is 0 Å². The number of hydrogen-bond donors (Lipinski definition) is 2. The van der Waals surface area contributed by atoms with Gasteiger partial charge in [0.15, 0.2) is 0 Å². The van der Waals surface area contributed by atoms with Gasteiger partial charge in [-0.3, -0.25) is 0 Å². The molecule has 1 heterocycles. The Morgan fingerprint density at radius 3 is 2.38 bits per heavy atom. The van der Waals surface area contributed by atoms with Crippen molar-refractivity contribution in [2.24, 2.45) is 0 Å². The van der Waals surface area contributed by atoms with Crippen LogP contribution in [0.25, 0.3) is 28.6 Å². The Hall–Kier alpha value is -2.35. The minimum Gasteiger partial charge on any atom is -0.550 e. The van der Waals surface area contributed by atoms with Gasteiger partial charge >= 0.3 is 29.6 Å². The van der Waals surface area contributed by atoms with Crippen molar-refractivity contribution >= 4 is 12.0 Å². The molecule has 0 saturated carbocycles. The maximum atomic E-state index is 13.5. The summed E-state index contributed by atoms with van der Waals surface area (Å²) in [5, 5.41) is 30.5. The van der Waals surface area contributed by atoms with Gasteiger partial charge in [0, 0.05) is 35.5 Å². The smallest absolute Gasteiger partial charge is 0.550 e. The zero-order chi connectivity index (χ0) is 22.4. The van der Waals surface area contributed by atoms with Crippen molar-refractivity contribution in [3.63, 3.8) is 0 Å². The SMILES string of the molecule is Cc1cc(-c2ccccc2)nc(-c2ccc(F)cc2)c1/C=C/[C@@H](O)C[C@@H](O)CC(=O)[O-].[Na+]. The molecule has 0 fully saturated rings. The van der Waals surface area contributed by atoms with Crippen molar-refractivity contribution in [2.75, 3.05) is 0 Å². The number of halogens is 1. The molecule has 160 valence electrons. The molecule has 0 unspecified atom stereocenters. The van der Waals surface area contributed by atoms with Crippen LogP contribution in [0.4, 0.5) is 4.39 Å². The maximum Gasteiger partial charge on any atom is 1.00 e. The predicted octanol–water partition coefficient (Wildman–Crippen LogP) is 0.132. The molecule has 7 heteroatoms. The van der Waals surface area contributed by atoms with Crippen molar-refractivity contribution in [1.29, 1.82) is 0 Å². The van der Waals surface area contributed by atoms with Gasteiger partial charge in [0.25, 0.3) is 0 Å². The molecule has 5 nitrogen and oxygen atoms in total. The second-order valence-corrected chi connectivity index (χ2v) is 7.35. The number of aromatic nitrogens is 1. The summed E-state index contributed by atoms with van der Waals surface area (Å²) < 4.78 is 13.5. The number of rotatable bonds is 8. The molecule has 1 aromatic heterocycles. The molecule has 0 aliphatic rings. The molecular formula is C25H23FNNaO4. The molecule has 0 aliphatic carbocycles. The van der Waals surface area contributed by atoms with Crippen LogP contribution in [0.15, 0.2) is 66.7 Å². The van der Waals surface area contributed by atoms with Gasteiger partial charge in [-0.25, -0.2) is 9.37 Å². The Balaban J connectivity index is 0.00000363. The molecule has 0 bridgehead atoms. The fraction of sp³-hybridized carbons (Fsp3) is 0.200. The number of nitrogens with zero attached hydrogens (tertiary/aromatic N) is 1. The summed E-state index contributed by atoms with van der Waals surface area (Å²) in [6.07, 6.45) is 0.233. The number of carbonyl (C=O) groups is 1. The number of carbonyl (C=O) groups excluding carboxylic acids is 1. The molecule has 32 heavy (non-hydrogen) atoms. The fourth-order valence-electron chi connectivity index (χ4n) is 3.32. The number of carboxylic acid groups (broad SMARTS) is 1. The van der Waals surface area contributed by atoms with Gasteiger partial charge in [-0.05, 0) is 42.8 Å². The second kappa shape index (κ2) is 12.0. The fourth-order valence-corrected chi connectivity index (χ4v) is 3.32. The van der Waals surface area contributed by atoms with Crippen molar-refractivity contribution in [1.82, 2.24) is 4.98 Å². The molecule has 2 N–H and O–H groups in total. The van der Waals surface area contributed by atoms with Crippen LogP contribution in [0.2, 0.25) is 0 Å². The van der Waals surface area contributed by atoms with Gasteiger partial charge in [0.05, 0.1) is 23.6 Å². The van der Waals surface area contributed by atoms with Gasteiger partial charge < -0.3 is 20.1 Å². The first-order valence-electron chi connectivity index (χ1n) is 9.90.